The molecule has 25 heavy (non-hydrogen) atoms. The zero-order valence-electron chi connectivity index (χ0n) is 15.2. The third-order valence-electron chi connectivity index (χ3n) is 5.04. The average molecular weight is 346 g/mol. The van der Waals surface area contributed by atoms with Crippen molar-refractivity contribution in [1.29, 1.82) is 0 Å². The van der Waals surface area contributed by atoms with Crippen molar-refractivity contribution in [3.8, 4) is 0 Å². The number of esters is 1. The molecule has 1 aromatic rings. The number of carbonyl (C=O) groups excluding carboxylic acids is 2. The van der Waals surface area contributed by atoms with Crippen LogP contribution in [0.1, 0.15) is 51.5 Å². The van der Waals surface area contributed by atoms with Crippen LogP contribution in [0.4, 0.5) is 0 Å². The lowest BCUT2D eigenvalue weighted by atomic mass is 9.75. The monoisotopic (exact) mass is 346 g/mol. The second-order valence-electron chi connectivity index (χ2n) is 6.96. The molecular formula is C20H30N2O3. The summed E-state index contributed by atoms with van der Waals surface area (Å²) < 4.78 is 5.56. The van der Waals surface area contributed by atoms with Gasteiger partial charge >= 0.3 is 5.97 Å². The SMILES string of the molecule is CCC(C(=O)OCc1ccccc1)C1CCCCC1NC(=O)C(C)N. The number of hydrogen-bond acceptors (Lipinski definition) is 4. The van der Waals surface area contributed by atoms with Crippen LogP contribution in [0.3, 0.4) is 0 Å². The number of carbonyl (C=O) groups is 2. The fourth-order valence-electron chi connectivity index (χ4n) is 3.61. The molecule has 0 radical (unpaired) electrons. The minimum Gasteiger partial charge on any atom is -0.461 e. The van der Waals surface area contributed by atoms with Crippen LogP contribution in [-0.4, -0.2) is 24.0 Å². The Balaban J connectivity index is 1.99. The first-order valence-corrected chi connectivity index (χ1v) is 9.29. The molecule has 4 unspecified atom stereocenters. The Morgan fingerprint density at radius 3 is 2.56 bits per heavy atom. The second-order valence-corrected chi connectivity index (χ2v) is 6.96. The van der Waals surface area contributed by atoms with E-state index in [0.29, 0.717) is 13.0 Å². The maximum atomic E-state index is 12.7. The van der Waals surface area contributed by atoms with E-state index in [0.717, 1.165) is 31.2 Å². The molecule has 4 atom stereocenters. The molecule has 0 aromatic heterocycles. The summed E-state index contributed by atoms with van der Waals surface area (Å²) in [5.74, 6) is -0.394. The molecule has 0 heterocycles. The third kappa shape index (κ3) is 5.56. The summed E-state index contributed by atoms with van der Waals surface area (Å²) >= 11 is 0. The zero-order chi connectivity index (χ0) is 18.2. The Morgan fingerprint density at radius 2 is 1.92 bits per heavy atom. The minimum absolute atomic E-state index is 0.00137. The van der Waals surface area contributed by atoms with Crippen LogP contribution in [0.25, 0.3) is 0 Å². The standard InChI is InChI=1S/C20H30N2O3/c1-3-16(20(24)25-13-15-9-5-4-6-10-15)17-11-7-8-12-18(17)22-19(23)14(2)21/h4-6,9-10,14,16-18H,3,7-8,11-13,21H2,1-2H3,(H,22,23). The van der Waals surface area contributed by atoms with Gasteiger partial charge in [0.05, 0.1) is 12.0 Å². The first-order valence-electron chi connectivity index (χ1n) is 9.29. The third-order valence-corrected chi connectivity index (χ3v) is 5.04. The molecule has 0 spiro atoms. The molecular weight excluding hydrogens is 316 g/mol. The lowest BCUT2D eigenvalue weighted by Gasteiger charge is -2.36. The van der Waals surface area contributed by atoms with E-state index in [-0.39, 0.29) is 29.8 Å². The van der Waals surface area contributed by atoms with Crippen LogP contribution in [0.15, 0.2) is 30.3 Å². The van der Waals surface area contributed by atoms with Crippen LogP contribution in [0.2, 0.25) is 0 Å². The van der Waals surface area contributed by atoms with Crippen molar-refractivity contribution in [2.45, 2.75) is 64.6 Å². The van der Waals surface area contributed by atoms with Gasteiger partial charge in [0.1, 0.15) is 6.61 Å². The molecule has 138 valence electrons. The number of nitrogens with two attached hydrogens (primary N) is 1. The van der Waals surface area contributed by atoms with Crippen molar-refractivity contribution in [1.82, 2.24) is 5.32 Å². The number of amides is 1. The van der Waals surface area contributed by atoms with Crippen molar-refractivity contribution in [2.24, 2.45) is 17.6 Å². The lowest BCUT2D eigenvalue weighted by molar-refractivity contribution is -0.153. The molecule has 0 aliphatic heterocycles. The van der Waals surface area contributed by atoms with Gasteiger partial charge in [0.15, 0.2) is 0 Å². The van der Waals surface area contributed by atoms with Gasteiger partial charge < -0.3 is 15.8 Å². The maximum Gasteiger partial charge on any atom is 0.309 e. The van der Waals surface area contributed by atoms with E-state index in [1.807, 2.05) is 37.3 Å². The summed E-state index contributed by atoms with van der Waals surface area (Å²) in [4.78, 5) is 24.6. The zero-order valence-corrected chi connectivity index (χ0v) is 15.2. The Bertz CT molecular complexity index is 559. The molecule has 5 heteroatoms. The Hall–Kier alpha value is -1.88. The van der Waals surface area contributed by atoms with Gasteiger partial charge in [0.25, 0.3) is 0 Å². The fraction of sp³-hybridized carbons (Fsp3) is 0.600. The highest BCUT2D eigenvalue weighted by Crippen LogP contribution is 2.33. The molecule has 1 saturated carbocycles. The van der Waals surface area contributed by atoms with Crippen LogP contribution < -0.4 is 11.1 Å². The van der Waals surface area contributed by atoms with Gasteiger partial charge in [-0.2, -0.15) is 0 Å². The predicted octanol–water partition coefficient (Wildman–Crippen LogP) is 2.78. The smallest absolute Gasteiger partial charge is 0.309 e. The van der Waals surface area contributed by atoms with E-state index >= 15 is 0 Å². The van der Waals surface area contributed by atoms with E-state index in [2.05, 4.69) is 5.32 Å². The Labute approximate surface area is 150 Å². The Morgan fingerprint density at radius 1 is 1.24 bits per heavy atom. The summed E-state index contributed by atoms with van der Waals surface area (Å²) in [5, 5.41) is 3.04. The van der Waals surface area contributed by atoms with Gasteiger partial charge in [-0.3, -0.25) is 9.59 Å². The summed E-state index contributed by atoms with van der Waals surface area (Å²) in [7, 11) is 0. The van der Waals surface area contributed by atoms with Crippen LogP contribution in [0, 0.1) is 11.8 Å². The fourth-order valence-corrected chi connectivity index (χ4v) is 3.61. The molecule has 2 rings (SSSR count). The first kappa shape index (κ1) is 19.4. The molecule has 0 bridgehead atoms. The summed E-state index contributed by atoms with van der Waals surface area (Å²) in [6, 6.07) is 9.16. The van der Waals surface area contributed by atoms with Crippen LogP contribution >= 0.6 is 0 Å². The highest BCUT2D eigenvalue weighted by Gasteiger charge is 2.36. The molecule has 1 aliphatic carbocycles. The average Bonchev–Trinajstić information content (AvgIpc) is 2.62. The number of nitrogens with one attached hydrogen (secondary N) is 1. The van der Waals surface area contributed by atoms with E-state index in [9.17, 15) is 9.59 Å². The normalized spacial score (nSPS) is 22.7. The van der Waals surface area contributed by atoms with E-state index < -0.39 is 6.04 Å². The quantitative estimate of drug-likeness (QED) is 0.744. The summed E-state index contributed by atoms with van der Waals surface area (Å²) in [6.07, 6.45) is 4.69. The van der Waals surface area contributed by atoms with Gasteiger partial charge in [-0.1, -0.05) is 50.1 Å². The second kappa shape index (κ2) is 9.56. The summed E-state index contributed by atoms with van der Waals surface area (Å²) in [5.41, 5.74) is 6.66. The van der Waals surface area contributed by atoms with Crippen LogP contribution in [-0.2, 0) is 20.9 Å². The van der Waals surface area contributed by atoms with Gasteiger partial charge in [-0.05, 0) is 37.7 Å². The number of ether oxygens (including phenoxy) is 1. The first-order chi connectivity index (χ1) is 12.0. The van der Waals surface area contributed by atoms with Gasteiger partial charge in [0, 0.05) is 6.04 Å². The molecule has 1 aliphatic rings. The highest BCUT2D eigenvalue weighted by atomic mass is 16.5. The topological polar surface area (TPSA) is 81.4 Å². The molecule has 1 fully saturated rings. The van der Waals surface area contributed by atoms with Gasteiger partial charge in [-0.15, -0.1) is 0 Å². The number of rotatable bonds is 7. The minimum atomic E-state index is -0.535. The van der Waals surface area contributed by atoms with Crippen LogP contribution in [0.5, 0.6) is 0 Å². The molecule has 0 saturated heterocycles. The molecule has 3 N–H and O–H groups in total. The van der Waals surface area contributed by atoms with Crippen molar-refractivity contribution >= 4 is 11.9 Å². The van der Waals surface area contributed by atoms with Crippen molar-refractivity contribution in [2.75, 3.05) is 0 Å². The maximum absolute atomic E-state index is 12.7. The van der Waals surface area contributed by atoms with Crippen molar-refractivity contribution in [3.05, 3.63) is 35.9 Å². The predicted molar refractivity (Wildman–Crippen MR) is 97.6 cm³/mol. The number of benzene rings is 1. The van der Waals surface area contributed by atoms with Crippen molar-refractivity contribution < 1.29 is 14.3 Å². The van der Waals surface area contributed by atoms with Crippen molar-refractivity contribution in [3.63, 3.8) is 0 Å². The van der Waals surface area contributed by atoms with E-state index in [4.69, 9.17) is 10.5 Å². The largest absolute Gasteiger partial charge is 0.461 e. The lowest BCUT2D eigenvalue weighted by Crippen LogP contribution is -2.50. The Kier molecular flexibility index (Phi) is 7.44. The van der Waals surface area contributed by atoms with E-state index in [1.54, 1.807) is 6.92 Å². The molecule has 5 nitrogen and oxygen atoms in total. The summed E-state index contributed by atoms with van der Waals surface area (Å²) in [6.45, 7) is 3.98. The molecule has 1 amide bonds. The van der Waals surface area contributed by atoms with E-state index in [1.165, 1.54) is 0 Å². The number of hydrogen-bond donors (Lipinski definition) is 2. The molecule has 1 aromatic carbocycles. The van der Waals surface area contributed by atoms with Gasteiger partial charge in [-0.25, -0.2) is 0 Å². The highest BCUT2D eigenvalue weighted by molar-refractivity contribution is 5.81. The van der Waals surface area contributed by atoms with Gasteiger partial charge in [0.2, 0.25) is 5.91 Å².